The molecule has 1 saturated carbocycles. The van der Waals surface area contributed by atoms with Gasteiger partial charge in [0.05, 0.1) is 23.9 Å². The first-order chi connectivity index (χ1) is 22.3. The second-order valence-electron chi connectivity index (χ2n) is 13.7. The van der Waals surface area contributed by atoms with Gasteiger partial charge in [0.2, 0.25) is 5.88 Å². The monoisotopic (exact) mass is 661 g/mol. The second kappa shape index (κ2) is 11.6. The number of ether oxygens (including phenoxy) is 2. The lowest BCUT2D eigenvalue weighted by molar-refractivity contribution is -0.137. The van der Waals surface area contributed by atoms with Crippen molar-refractivity contribution >= 4 is 22.4 Å². The van der Waals surface area contributed by atoms with Gasteiger partial charge in [0.1, 0.15) is 34.3 Å². The Bertz CT molecular complexity index is 1720. The first kappa shape index (κ1) is 32.0. The zero-order valence-electron chi connectivity index (χ0n) is 27.0. The molecule has 0 spiro atoms. The fraction of sp³-hybridized carbons (Fsp3) is 0.606. The quantitative estimate of drug-likeness (QED) is 0.257. The van der Waals surface area contributed by atoms with Gasteiger partial charge in [0.25, 0.3) is 0 Å². The van der Waals surface area contributed by atoms with Crippen LogP contribution in [0.15, 0.2) is 6.07 Å². The van der Waals surface area contributed by atoms with Crippen LogP contribution in [0.1, 0.15) is 63.5 Å². The molecule has 254 valence electrons. The van der Waals surface area contributed by atoms with Crippen LogP contribution >= 0.6 is 0 Å². The van der Waals surface area contributed by atoms with Crippen molar-refractivity contribution in [3.05, 3.63) is 28.8 Å². The van der Waals surface area contributed by atoms with E-state index in [0.717, 1.165) is 58.1 Å². The molecule has 0 amide bonds. The van der Waals surface area contributed by atoms with Gasteiger partial charge in [-0.1, -0.05) is 13.3 Å². The number of anilines is 2. The summed E-state index contributed by atoms with van der Waals surface area (Å²) in [7, 11) is 2.13. The summed E-state index contributed by atoms with van der Waals surface area (Å²) in [6, 6.07) is 0.925. The number of fused-ring (bicyclic) bond motifs is 3. The van der Waals surface area contributed by atoms with E-state index >= 15 is 4.39 Å². The molecule has 14 heteroatoms. The summed E-state index contributed by atoms with van der Waals surface area (Å²) in [5.41, 5.74) is 1.35. The maximum absolute atomic E-state index is 16.8. The van der Waals surface area contributed by atoms with Gasteiger partial charge < -0.3 is 30.3 Å². The van der Waals surface area contributed by atoms with Crippen molar-refractivity contribution in [2.75, 3.05) is 43.9 Å². The number of benzene rings is 1. The molecule has 47 heavy (non-hydrogen) atoms. The van der Waals surface area contributed by atoms with Gasteiger partial charge in [-0.3, -0.25) is 0 Å². The zero-order chi connectivity index (χ0) is 33.4. The third kappa shape index (κ3) is 5.22. The van der Waals surface area contributed by atoms with Gasteiger partial charge in [0.15, 0.2) is 5.82 Å². The lowest BCUT2D eigenvalue weighted by atomic mass is 9.76. The van der Waals surface area contributed by atoms with Crippen LogP contribution in [0.25, 0.3) is 22.2 Å². The molecule has 0 bridgehead atoms. The molecule has 2 aromatic heterocycles. The average molecular weight is 662 g/mol. The molecule has 5 heterocycles. The summed E-state index contributed by atoms with van der Waals surface area (Å²) in [6.45, 7) is 7.28. The molecular formula is C33H40F5N7O2. The summed E-state index contributed by atoms with van der Waals surface area (Å²) in [6.07, 6.45) is 0.444. The molecule has 1 aromatic carbocycles. The average Bonchev–Trinajstić information content (AvgIpc) is 3.43. The number of nitrogens with two attached hydrogens (primary N) is 1. The second-order valence-corrected chi connectivity index (χ2v) is 13.7. The fourth-order valence-corrected chi connectivity index (χ4v) is 8.42. The number of halogens is 5. The summed E-state index contributed by atoms with van der Waals surface area (Å²) in [5, 5.41) is 3.67. The molecule has 7 rings (SSSR count). The SMILES string of the molecule is CC[C@@H]1CN2c3nc(OC[C@]45CCC[C@H]4N(C)CCC5)nc4c(F)c(-c5cc(N)c(F)c(C)c5C(F)(F)F)nc(c34)O[C@@H](C)[C@@H]2CN1. The summed E-state index contributed by atoms with van der Waals surface area (Å²) in [5.74, 6) is -2.10. The smallest absolute Gasteiger partial charge is 0.417 e. The molecule has 3 N–H and O–H groups in total. The van der Waals surface area contributed by atoms with Gasteiger partial charge >= 0.3 is 12.2 Å². The minimum absolute atomic E-state index is 0.0616. The van der Waals surface area contributed by atoms with E-state index in [4.69, 9.17) is 20.2 Å². The number of hydrogen-bond donors (Lipinski definition) is 2. The number of likely N-dealkylation sites (tertiary alicyclic amines) is 1. The number of nitrogens with zero attached hydrogens (tertiary/aromatic N) is 5. The lowest BCUT2D eigenvalue weighted by Crippen LogP contribution is -2.60. The Balaban J connectivity index is 1.43. The standard InChI is InChI=1S/C33H40F5N7O2/c1-5-18-14-45-21(13-40-18)17(3)47-30-23-28(26(35)27(41-30)19-12-20(39)25(34)16(2)24(19)33(36,37)38)42-31(43-29(23)45)46-15-32-9-6-8-22(32)44(4)11-7-10-32/h12,17-18,21-22,40H,5-11,13-15,39H2,1-4H3/t17-,18+,21-,22+,32+/m0/s1. The molecule has 3 aliphatic heterocycles. The maximum atomic E-state index is 16.8. The minimum atomic E-state index is -5.03. The Morgan fingerprint density at radius 2 is 1.91 bits per heavy atom. The summed E-state index contributed by atoms with van der Waals surface area (Å²) < 4.78 is 87.5. The van der Waals surface area contributed by atoms with Crippen LogP contribution in [-0.2, 0) is 6.18 Å². The summed E-state index contributed by atoms with van der Waals surface area (Å²) >= 11 is 0. The first-order valence-electron chi connectivity index (χ1n) is 16.4. The molecule has 1 aliphatic carbocycles. The highest BCUT2D eigenvalue weighted by Gasteiger charge is 2.48. The van der Waals surface area contributed by atoms with Crippen LogP contribution < -0.4 is 25.4 Å². The highest BCUT2D eigenvalue weighted by molar-refractivity contribution is 5.97. The van der Waals surface area contributed by atoms with Crippen LogP contribution in [0.5, 0.6) is 11.9 Å². The molecule has 3 aromatic rings. The molecule has 0 unspecified atom stereocenters. The number of aromatic nitrogens is 3. The number of nitrogen functional groups attached to an aromatic ring is 1. The van der Waals surface area contributed by atoms with Crippen molar-refractivity contribution in [2.45, 2.75) is 89.7 Å². The number of pyridine rings is 1. The van der Waals surface area contributed by atoms with Crippen molar-refractivity contribution in [2.24, 2.45) is 5.41 Å². The van der Waals surface area contributed by atoms with Gasteiger partial charge in [-0.25, -0.2) is 13.8 Å². The van der Waals surface area contributed by atoms with Gasteiger partial charge in [-0.15, -0.1) is 0 Å². The van der Waals surface area contributed by atoms with Crippen molar-refractivity contribution in [1.29, 1.82) is 0 Å². The Morgan fingerprint density at radius 1 is 1.15 bits per heavy atom. The highest BCUT2D eigenvalue weighted by Crippen LogP contribution is 2.49. The van der Waals surface area contributed by atoms with Gasteiger partial charge in [-0.05, 0) is 71.2 Å². The van der Waals surface area contributed by atoms with E-state index in [-0.39, 0.29) is 40.3 Å². The van der Waals surface area contributed by atoms with Crippen LogP contribution in [0.4, 0.5) is 33.5 Å². The van der Waals surface area contributed by atoms with E-state index < -0.39 is 52.0 Å². The van der Waals surface area contributed by atoms with Crippen LogP contribution in [-0.4, -0.2) is 77.4 Å². The molecule has 5 atom stereocenters. The summed E-state index contributed by atoms with van der Waals surface area (Å²) in [4.78, 5) is 18.1. The molecule has 3 fully saturated rings. The number of piperidine rings is 1. The Hall–Kier alpha value is -3.52. The number of rotatable bonds is 5. The fourth-order valence-electron chi connectivity index (χ4n) is 8.42. The zero-order valence-corrected chi connectivity index (χ0v) is 27.0. The minimum Gasteiger partial charge on any atom is -0.472 e. The lowest BCUT2D eigenvalue weighted by Gasteiger charge is -2.44. The van der Waals surface area contributed by atoms with E-state index in [0.29, 0.717) is 31.6 Å². The van der Waals surface area contributed by atoms with E-state index in [1.165, 1.54) is 0 Å². The predicted octanol–water partition coefficient (Wildman–Crippen LogP) is 5.86. The van der Waals surface area contributed by atoms with Crippen molar-refractivity contribution in [1.82, 2.24) is 25.2 Å². The van der Waals surface area contributed by atoms with E-state index in [2.05, 4.69) is 39.1 Å². The Labute approximate surface area is 270 Å². The van der Waals surface area contributed by atoms with Crippen LogP contribution in [0.2, 0.25) is 0 Å². The van der Waals surface area contributed by atoms with E-state index in [9.17, 15) is 17.6 Å². The normalized spacial score (nSPS) is 27.7. The first-order valence-corrected chi connectivity index (χ1v) is 16.4. The molecular weight excluding hydrogens is 621 g/mol. The predicted molar refractivity (Wildman–Crippen MR) is 168 cm³/mol. The van der Waals surface area contributed by atoms with E-state index in [1.807, 2.05) is 6.92 Å². The number of alkyl halides is 3. The Morgan fingerprint density at radius 3 is 2.66 bits per heavy atom. The molecule has 4 aliphatic rings. The van der Waals surface area contributed by atoms with Crippen molar-refractivity contribution in [3.63, 3.8) is 0 Å². The van der Waals surface area contributed by atoms with Crippen molar-refractivity contribution < 1.29 is 31.4 Å². The Kier molecular flexibility index (Phi) is 7.89. The van der Waals surface area contributed by atoms with Crippen molar-refractivity contribution in [3.8, 4) is 23.1 Å². The highest BCUT2D eigenvalue weighted by atomic mass is 19.4. The third-order valence-corrected chi connectivity index (χ3v) is 10.9. The van der Waals surface area contributed by atoms with Crippen LogP contribution in [0, 0.1) is 24.0 Å². The topological polar surface area (TPSA) is 102 Å². The number of nitrogens with one attached hydrogen (secondary N) is 1. The number of hydrogen-bond acceptors (Lipinski definition) is 9. The number of piperazine rings is 1. The third-order valence-electron chi connectivity index (χ3n) is 10.9. The molecule has 9 nitrogen and oxygen atoms in total. The molecule has 0 radical (unpaired) electrons. The maximum Gasteiger partial charge on any atom is 0.417 e. The van der Waals surface area contributed by atoms with Gasteiger partial charge in [-0.2, -0.15) is 23.1 Å². The largest absolute Gasteiger partial charge is 0.472 e. The molecule has 2 saturated heterocycles. The van der Waals surface area contributed by atoms with E-state index in [1.54, 1.807) is 0 Å². The van der Waals surface area contributed by atoms with Gasteiger partial charge in [0, 0.05) is 36.2 Å². The van der Waals surface area contributed by atoms with Crippen LogP contribution in [0.3, 0.4) is 0 Å².